The van der Waals surface area contributed by atoms with Gasteiger partial charge in [0.15, 0.2) is 0 Å². The average molecular weight is 956 g/mol. The van der Waals surface area contributed by atoms with Crippen molar-refractivity contribution < 1.29 is 107 Å². The van der Waals surface area contributed by atoms with E-state index in [0.29, 0.717) is 12.8 Å². The van der Waals surface area contributed by atoms with E-state index >= 15 is 0 Å². The highest BCUT2D eigenvalue weighted by atomic mass is 31.3. The number of aryl methyl sites for hydroxylation is 1. The Morgan fingerprint density at radius 1 is 0.879 bits per heavy atom. The number of phosphoric ester groups is 2. The van der Waals surface area contributed by atoms with Gasteiger partial charge in [0.1, 0.15) is 12.3 Å². The number of hydrogen-bond donors (Lipinski definition) is 3. The summed E-state index contributed by atoms with van der Waals surface area (Å²) in [7, 11) is -39.4. The number of carbonyl (C=O) groups excluding carboxylic acids is 1. The first-order valence-corrected chi connectivity index (χ1v) is 24.7. The van der Waals surface area contributed by atoms with Crippen LogP contribution in [0.25, 0.3) is 10.4 Å². The van der Waals surface area contributed by atoms with Gasteiger partial charge in [-0.15, -0.1) is 0 Å². The molecule has 1 aromatic rings. The third-order valence-electron chi connectivity index (χ3n) is 6.57. The zero-order valence-electron chi connectivity index (χ0n) is 29.5. The second-order valence-corrected chi connectivity index (χ2v) is 20.4. The van der Waals surface area contributed by atoms with Crippen molar-refractivity contribution in [1.82, 2.24) is 14.9 Å². The number of amides is 1. The van der Waals surface area contributed by atoms with Crippen molar-refractivity contribution in [1.29, 1.82) is 0 Å². The van der Waals surface area contributed by atoms with Crippen molar-refractivity contribution >= 4 is 52.8 Å². The van der Waals surface area contributed by atoms with Crippen LogP contribution in [-0.4, -0.2) is 72.3 Å². The van der Waals surface area contributed by atoms with Crippen molar-refractivity contribution in [3.63, 3.8) is 0 Å². The summed E-state index contributed by atoms with van der Waals surface area (Å²) in [5.74, 6) is -0.331. The lowest BCUT2D eigenvalue weighted by Crippen LogP contribution is -2.33. The first-order chi connectivity index (χ1) is 26.7. The third kappa shape index (κ3) is 20.6. The molecule has 0 aliphatic carbocycles. The maximum Gasteiger partial charge on any atom is 0.330 e. The Balaban J connectivity index is 1.78. The Bertz CT molecular complexity index is 2020. The Morgan fingerprint density at radius 3 is 1.98 bits per heavy atom. The molecule has 0 bridgehead atoms. The number of ether oxygens (including phenoxy) is 2. The van der Waals surface area contributed by atoms with E-state index in [1.807, 2.05) is 4.98 Å². The summed E-state index contributed by atoms with van der Waals surface area (Å²) in [4.78, 5) is 111. The minimum Gasteiger partial charge on any atom is -0.756 e. The van der Waals surface area contributed by atoms with Gasteiger partial charge in [-0.05, 0) is 25.3 Å². The topological polar surface area (TPSA) is 477 Å². The summed E-state index contributed by atoms with van der Waals surface area (Å²) in [6.45, 7) is -0.0535. The van der Waals surface area contributed by atoms with Gasteiger partial charge in [-0.3, -0.25) is 46.5 Å². The van der Waals surface area contributed by atoms with Crippen LogP contribution in [0.5, 0.6) is 0 Å². The largest absolute Gasteiger partial charge is 0.756 e. The molecular formula is C21H34N6O25P6-6. The maximum atomic E-state index is 12.1. The number of aromatic amines is 1. The fourth-order valence-corrected chi connectivity index (χ4v) is 11.7. The number of aliphatic hydroxyl groups is 1. The molecule has 1 fully saturated rings. The number of unbranched alkanes of at least 4 members (excludes halogenated alkanes) is 3. The first-order valence-electron chi connectivity index (χ1n) is 15.9. The molecule has 0 aromatic carbocycles. The van der Waals surface area contributed by atoms with Crippen LogP contribution in [0.1, 0.15) is 50.3 Å². The predicted octanol–water partition coefficient (Wildman–Crippen LogP) is -2.19. The fourth-order valence-electron chi connectivity index (χ4n) is 4.21. The number of nitrogens with one attached hydrogen (secondary N) is 2. The molecule has 1 aliphatic heterocycles. The van der Waals surface area contributed by atoms with Gasteiger partial charge in [0, 0.05) is 42.6 Å². The zero-order chi connectivity index (χ0) is 44.0. The monoisotopic (exact) mass is 956 g/mol. The molecule has 334 valence electrons. The molecule has 58 heavy (non-hydrogen) atoms. The second kappa shape index (κ2) is 22.9. The number of hydrogen-bond acceptors (Lipinski definition) is 26. The predicted molar refractivity (Wildman–Crippen MR) is 174 cm³/mol. The van der Waals surface area contributed by atoms with Crippen LogP contribution in [0.4, 0.5) is 0 Å². The molecule has 0 saturated carbocycles. The summed E-state index contributed by atoms with van der Waals surface area (Å²) < 4.78 is 108. The Kier molecular flexibility index (Phi) is 20.6. The molecule has 37 heteroatoms. The highest BCUT2D eigenvalue weighted by Gasteiger charge is 2.38. The van der Waals surface area contributed by atoms with Gasteiger partial charge in [0.2, 0.25) is 5.91 Å². The summed E-state index contributed by atoms with van der Waals surface area (Å²) in [5, 5.41) is 16.0. The number of azide groups is 1. The van der Waals surface area contributed by atoms with E-state index in [0.717, 1.165) is 10.8 Å². The summed E-state index contributed by atoms with van der Waals surface area (Å²) in [6.07, 6.45) is -2.68. The molecule has 1 aromatic heterocycles. The first kappa shape index (κ1) is 52.3. The Labute approximate surface area is 325 Å². The number of H-pyrrole nitrogens is 1. The fraction of sp³-hybridized carbons (Fsp3) is 0.762. The van der Waals surface area contributed by atoms with Gasteiger partial charge in [-0.2, -0.15) is 0 Å². The van der Waals surface area contributed by atoms with Crippen LogP contribution in [0, 0.1) is 6.92 Å². The summed E-state index contributed by atoms with van der Waals surface area (Å²) in [5.41, 5.74) is 6.47. The van der Waals surface area contributed by atoms with Crippen molar-refractivity contribution in [3.05, 3.63) is 43.0 Å². The number of carbonyl (C=O) groups is 1. The molecule has 3 N–H and O–H groups in total. The molecule has 2 heterocycles. The number of aliphatic hydroxyl groups excluding tert-OH is 1. The molecule has 0 spiro atoms. The van der Waals surface area contributed by atoms with Crippen molar-refractivity contribution in [2.75, 3.05) is 39.5 Å². The molecule has 1 aliphatic rings. The smallest absolute Gasteiger partial charge is 0.330 e. The second-order valence-electron chi connectivity index (χ2n) is 11.2. The lowest BCUT2D eigenvalue weighted by Gasteiger charge is -2.38. The molecule has 0 radical (unpaired) electrons. The van der Waals surface area contributed by atoms with E-state index in [-0.39, 0.29) is 63.5 Å². The van der Waals surface area contributed by atoms with Crippen LogP contribution < -0.4 is 45.9 Å². The highest BCUT2D eigenvalue weighted by molar-refractivity contribution is 7.71. The van der Waals surface area contributed by atoms with Gasteiger partial charge in [-0.25, -0.2) is 26.3 Å². The Hall–Kier alpha value is -1.80. The molecule has 2 rings (SSSR count). The van der Waals surface area contributed by atoms with Crippen LogP contribution in [0.2, 0.25) is 0 Å². The third-order valence-corrected chi connectivity index (χ3v) is 15.5. The number of phosphoric acid groups is 6. The van der Waals surface area contributed by atoms with E-state index in [1.54, 1.807) is 0 Å². The number of nitrogens with zero attached hydrogens (tertiary/aromatic N) is 4. The maximum absolute atomic E-state index is 12.1. The lowest BCUT2D eigenvalue weighted by atomic mass is 10.2. The number of aromatic nitrogens is 2. The van der Waals surface area contributed by atoms with E-state index in [1.165, 1.54) is 6.92 Å². The molecule has 1 saturated heterocycles. The van der Waals surface area contributed by atoms with E-state index in [9.17, 15) is 76.2 Å². The molecule has 1 amide bonds. The van der Waals surface area contributed by atoms with E-state index in [4.69, 9.17) is 15.0 Å². The van der Waals surface area contributed by atoms with E-state index in [2.05, 4.69) is 45.9 Å². The summed E-state index contributed by atoms with van der Waals surface area (Å²) in [6, 6.07) is 0. The van der Waals surface area contributed by atoms with Gasteiger partial charge >= 0.3 is 5.69 Å². The quantitative estimate of drug-likeness (QED) is 0.0264. The van der Waals surface area contributed by atoms with Crippen LogP contribution >= 0.6 is 46.9 Å². The highest BCUT2D eigenvalue weighted by Crippen LogP contribution is 2.70. The lowest BCUT2D eigenvalue weighted by molar-refractivity contribution is -0.256. The average Bonchev–Trinajstić information content (AvgIpc) is 3.41. The standard InChI is InChI=1S/C21H40N6O25P6/c1-15-13-27(21(31)25-20(15)30)19-12-16(28)17(47-19)14-46-54(34,35)49-56(38,39)51-58(42,43)52-57(40,41)50-55(36,37)48-53(32,33)45-9-5-3-2-4-7-23-18(29)6-10-44-11-8-24-26-22/h13,16-17,19,28H,2-12,14H2,1H3,(H,23,29)(H,32,33)(H,34,35)(H,36,37)(H,38,39)(H,40,41)(H,42,43)(H,25,30,31)/p-6/t16?,17-,19-/m1/s1. The van der Waals surface area contributed by atoms with E-state index < -0.39 is 89.8 Å². The van der Waals surface area contributed by atoms with Crippen LogP contribution in [0.3, 0.4) is 0 Å². The van der Waals surface area contributed by atoms with Gasteiger partial charge < -0.3 is 58.3 Å². The number of rotatable bonds is 28. The van der Waals surface area contributed by atoms with Crippen molar-refractivity contribution in [2.24, 2.45) is 5.11 Å². The zero-order valence-corrected chi connectivity index (χ0v) is 34.9. The molecule has 7 unspecified atom stereocenters. The van der Waals surface area contributed by atoms with Gasteiger partial charge in [-0.1, -0.05) is 18.0 Å². The minimum atomic E-state index is -6.94. The van der Waals surface area contributed by atoms with Crippen molar-refractivity contribution in [3.8, 4) is 0 Å². The SMILES string of the molecule is Cc1cn([C@H]2CC(O)[C@@H](COP(=O)([O-])OP(=O)([O-])OP(=O)([O-])OP(=O)([O-])OP(=O)([O-])OP(=O)([O-])OCCCCCCNC(=O)CCOCCN=[N+]=[N-])O2)c(=O)[nH]c1=O. The Morgan fingerprint density at radius 2 is 1.41 bits per heavy atom. The van der Waals surface area contributed by atoms with Crippen LogP contribution in [0.15, 0.2) is 20.9 Å². The minimum absolute atomic E-state index is 0.0383. The van der Waals surface area contributed by atoms with Crippen molar-refractivity contribution in [2.45, 2.75) is 63.9 Å². The molecule has 9 atom stereocenters. The van der Waals surface area contributed by atoms with Gasteiger partial charge in [0.05, 0.1) is 32.5 Å². The van der Waals surface area contributed by atoms with Crippen LogP contribution in [-0.2, 0) is 72.3 Å². The normalized spacial score (nSPS) is 23.2. The molecular weight excluding hydrogens is 922 g/mol. The van der Waals surface area contributed by atoms with Gasteiger partial charge in [0.25, 0.3) is 52.5 Å². The molecule has 31 nitrogen and oxygen atoms in total. The summed E-state index contributed by atoms with van der Waals surface area (Å²) >= 11 is 0.